The molecule has 1 N–H and O–H groups in total. The summed E-state index contributed by atoms with van der Waals surface area (Å²) in [5.74, 6) is 0.00339. The predicted molar refractivity (Wildman–Crippen MR) is 145 cm³/mol. The first-order valence-electron chi connectivity index (χ1n) is 12.7. The molecule has 1 aromatic heterocycles. The van der Waals surface area contributed by atoms with Crippen LogP contribution in [0.1, 0.15) is 64.3 Å². The number of carboxylic acid groups (broad SMARTS) is 1. The van der Waals surface area contributed by atoms with Gasteiger partial charge in [0.1, 0.15) is 10.8 Å². The summed E-state index contributed by atoms with van der Waals surface area (Å²) in [5, 5.41) is 10.9. The van der Waals surface area contributed by atoms with Crippen molar-refractivity contribution in [3.05, 3.63) is 34.8 Å². The summed E-state index contributed by atoms with van der Waals surface area (Å²) in [4.78, 5) is 24.4. The Morgan fingerprint density at radius 1 is 1.38 bits per heavy atom. The minimum Gasteiger partial charge on any atom is -0.481 e. The molecule has 0 amide bonds. The molecule has 1 aliphatic heterocycles. The van der Waals surface area contributed by atoms with Crippen LogP contribution in [0.3, 0.4) is 0 Å². The fourth-order valence-electron chi connectivity index (χ4n) is 4.98. The summed E-state index contributed by atoms with van der Waals surface area (Å²) in [5.41, 5.74) is 0.423. The normalized spacial score (nSPS) is 21.3. The molecule has 9 heteroatoms. The van der Waals surface area contributed by atoms with Crippen LogP contribution in [-0.2, 0) is 11.3 Å². The lowest BCUT2D eigenvalue weighted by Gasteiger charge is -2.48. The number of ether oxygens (including phenoxy) is 1. The number of likely N-dealkylation sites (tertiary alicyclic amines) is 1. The monoisotopic (exact) mass is 535 g/mol. The highest BCUT2D eigenvalue weighted by Gasteiger charge is 2.48. The number of hydrogen-bond acceptors (Lipinski definition) is 6. The fraction of sp³-hybridized carbons (Fsp3) is 0.607. The number of halogens is 2. The van der Waals surface area contributed by atoms with Gasteiger partial charge in [-0.1, -0.05) is 34.6 Å². The number of piperidine rings is 1. The lowest BCUT2D eigenvalue weighted by Crippen LogP contribution is -2.53. The van der Waals surface area contributed by atoms with Crippen molar-refractivity contribution in [3.63, 3.8) is 0 Å². The third-order valence-electron chi connectivity index (χ3n) is 7.18. The number of aromatic nitrogens is 1. The molecule has 0 saturated carbocycles. The number of rotatable bonds is 10. The highest BCUT2D eigenvalue weighted by Crippen LogP contribution is 2.45. The standard InChI is InChI=1S/C28H39F2N3O3S/c1-18(2)9-10-28(25(34)35)12-20(27(3,4)5)15-33(17-28)16-21-14-32-24(37-21)22-11-19(13-31-6)7-8-23(22)36-26(29)30/h7-8,11,13-14,18,20,26H,9-10,12,15-17H2,1-6H3,(H,34,35)/t20-,28-/m1/s1. The van der Waals surface area contributed by atoms with Gasteiger partial charge < -0.3 is 9.84 Å². The van der Waals surface area contributed by atoms with Crippen LogP contribution in [0.15, 0.2) is 29.4 Å². The third kappa shape index (κ3) is 7.57. The van der Waals surface area contributed by atoms with E-state index in [2.05, 4.69) is 49.5 Å². The van der Waals surface area contributed by atoms with Gasteiger partial charge in [-0.15, -0.1) is 11.3 Å². The summed E-state index contributed by atoms with van der Waals surface area (Å²) in [6.45, 7) is 9.69. The second-order valence-electron chi connectivity index (χ2n) is 11.6. The first-order chi connectivity index (χ1) is 17.3. The Balaban J connectivity index is 1.90. The Morgan fingerprint density at radius 3 is 2.70 bits per heavy atom. The molecular weight excluding hydrogens is 496 g/mol. The van der Waals surface area contributed by atoms with Crippen LogP contribution >= 0.6 is 11.3 Å². The van der Waals surface area contributed by atoms with Crippen LogP contribution < -0.4 is 4.74 Å². The van der Waals surface area contributed by atoms with Crippen molar-refractivity contribution in [2.75, 3.05) is 20.1 Å². The number of carboxylic acids is 1. The zero-order chi connectivity index (χ0) is 27.4. The van der Waals surface area contributed by atoms with Crippen LogP contribution in [-0.4, -0.2) is 53.9 Å². The van der Waals surface area contributed by atoms with E-state index >= 15 is 0 Å². The average Bonchev–Trinajstić information content (AvgIpc) is 3.26. The van der Waals surface area contributed by atoms with Crippen molar-refractivity contribution < 1.29 is 23.4 Å². The molecule has 0 bridgehead atoms. The second kappa shape index (κ2) is 12.0. The number of hydrogen-bond donors (Lipinski definition) is 1. The van der Waals surface area contributed by atoms with Crippen molar-refractivity contribution in [1.82, 2.24) is 9.88 Å². The number of aliphatic carboxylic acids is 1. The molecule has 1 aromatic carbocycles. The van der Waals surface area contributed by atoms with E-state index in [0.717, 1.165) is 23.4 Å². The number of benzene rings is 1. The van der Waals surface area contributed by atoms with E-state index in [1.54, 1.807) is 31.6 Å². The van der Waals surface area contributed by atoms with Gasteiger partial charge in [-0.05, 0) is 60.3 Å². The molecule has 2 atom stereocenters. The average molecular weight is 536 g/mol. The summed E-state index contributed by atoms with van der Waals surface area (Å²) in [6, 6.07) is 4.92. The lowest BCUT2D eigenvalue weighted by atomic mass is 9.65. The summed E-state index contributed by atoms with van der Waals surface area (Å²) >= 11 is 1.41. The maximum atomic E-state index is 13.0. The Morgan fingerprint density at radius 2 is 2.11 bits per heavy atom. The Bertz CT molecular complexity index is 1100. The van der Waals surface area contributed by atoms with Gasteiger partial charge in [-0.3, -0.25) is 14.7 Å². The Labute approximate surface area is 222 Å². The van der Waals surface area contributed by atoms with Crippen molar-refractivity contribution in [3.8, 4) is 16.3 Å². The third-order valence-corrected chi connectivity index (χ3v) is 8.20. The van der Waals surface area contributed by atoms with Crippen LogP contribution in [0.25, 0.3) is 10.6 Å². The van der Waals surface area contributed by atoms with Crippen molar-refractivity contribution in [2.24, 2.45) is 27.7 Å². The number of alkyl halides is 2. The maximum absolute atomic E-state index is 13.0. The van der Waals surface area contributed by atoms with Gasteiger partial charge in [0.15, 0.2) is 0 Å². The number of aliphatic imine (C=N–C) groups is 1. The second-order valence-corrected chi connectivity index (χ2v) is 12.7. The molecule has 37 heavy (non-hydrogen) atoms. The minimum atomic E-state index is -2.94. The zero-order valence-corrected chi connectivity index (χ0v) is 23.4. The summed E-state index contributed by atoms with van der Waals surface area (Å²) < 4.78 is 30.8. The van der Waals surface area contributed by atoms with Crippen LogP contribution in [0.5, 0.6) is 5.75 Å². The van der Waals surface area contributed by atoms with E-state index in [-0.39, 0.29) is 17.1 Å². The molecule has 2 heterocycles. The Hall–Kier alpha value is -2.39. The maximum Gasteiger partial charge on any atom is 0.387 e. The molecule has 0 spiro atoms. The van der Waals surface area contributed by atoms with E-state index < -0.39 is 18.0 Å². The molecule has 1 aliphatic rings. The van der Waals surface area contributed by atoms with E-state index in [0.29, 0.717) is 42.4 Å². The van der Waals surface area contributed by atoms with E-state index in [1.165, 1.54) is 17.4 Å². The first-order valence-corrected chi connectivity index (χ1v) is 13.6. The molecular formula is C28H39F2N3O3S. The van der Waals surface area contributed by atoms with Crippen molar-refractivity contribution >= 4 is 23.5 Å². The number of thiazole rings is 1. The Kier molecular flexibility index (Phi) is 9.45. The highest BCUT2D eigenvalue weighted by atomic mass is 32.1. The van der Waals surface area contributed by atoms with Crippen molar-refractivity contribution in [2.45, 2.75) is 67.0 Å². The molecule has 0 radical (unpaired) electrons. The first kappa shape index (κ1) is 29.2. The van der Waals surface area contributed by atoms with E-state index in [9.17, 15) is 18.7 Å². The predicted octanol–water partition coefficient (Wildman–Crippen LogP) is 6.84. The van der Waals surface area contributed by atoms with Gasteiger partial charge in [0, 0.05) is 44.0 Å². The lowest BCUT2D eigenvalue weighted by molar-refractivity contribution is -0.157. The highest BCUT2D eigenvalue weighted by molar-refractivity contribution is 7.15. The quantitative estimate of drug-likeness (QED) is 0.337. The van der Waals surface area contributed by atoms with Gasteiger partial charge in [-0.25, -0.2) is 4.98 Å². The molecule has 1 fully saturated rings. The fourth-order valence-corrected chi connectivity index (χ4v) is 5.96. The molecule has 0 unspecified atom stereocenters. The molecule has 1 saturated heterocycles. The van der Waals surface area contributed by atoms with Crippen LogP contribution in [0.4, 0.5) is 8.78 Å². The van der Waals surface area contributed by atoms with Gasteiger partial charge in [0.2, 0.25) is 0 Å². The van der Waals surface area contributed by atoms with Gasteiger partial charge in [-0.2, -0.15) is 8.78 Å². The van der Waals surface area contributed by atoms with E-state index in [1.807, 2.05) is 0 Å². The summed E-state index contributed by atoms with van der Waals surface area (Å²) in [6.07, 6.45) is 5.59. The smallest absolute Gasteiger partial charge is 0.387 e. The van der Waals surface area contributed by atoms with Crippen LogP contribution in [0, 0.1) is 22.7 Å². The summed E-state index contributed by atoms with van der Waals surface area (Å²) in [7, 11) is 1.65. The zero-order valence-electron chi connectivity index (χ0n) is 22.6. The molecule has 6 nitrogen and oxygen atoms in total. The number of nitrogens with zero attached hydrogens (tertiary/aromatic N) is 3. The van der Waals surface area contributed by atoms with Gasteiger partial charge in [0.05, 0.1) is 11.0 Å². The SMILES string of the molecule is CN=Cc1ccc(OC(F)F)c(-c2ncc(CN3C[C@H](C(C)(C)C)C[C@@](CCC(C)C)(C(=O)O)C3)s2)c1. The molecule has 3 rings (SSSR count). The molecule has 0 aliphatic carbocycles. The number of carbonyl (C=O) groups is 1. The molecule has 2 aromatic rings. The van der Waals surface area contributed by atoms with Crippen LogP contribution in [0.2, 0.25) is 0 Å². The van der Waals surface area contributed by atoms with Gasteiger partial charge in [0.25, 0.3) is 0 Å². The minimum absolute atomic E-state index is 0.0289. The van der Waals surface area contributed by atoms with Gasteiger partial charge >= 0.3 is 12.6 Å². The van der Waals surface area contributed by atoms with Crippen molar-refractivity contribution in [1.29, 1.82) is 0 Å². The van der Waals surface area contributed by atoms with E-state index in [4.69, 9.17) is 4.74 Å². The molecule has 204 valence electrons. The topological polar surface area (TPSA) is 75.0 Å². The largest absolute Gasteiger partial charge is 0.481 e.